The molecule has 1 aliphatic rings. The van der Waals surface area contributed by atoms with E-state index >= 15 is 0 Å². The summed E-state index contributed by atoms with van der Waals surface area (Å²) in [6.07, 6.45) is 4.72. The molecule has 150 valence electrons. The van der Waals surface area contributed by atoms with Crippen LogP contribution in [0.1, 0.15) is 75.0 Å². The monoisotopic (exact) mass is 400 g/mol. The van der Waals surface area contributed by atoms with E-state index in [1.807, 2.05) is 51.1 Å². The van der Waals surface area contributed by atoms with E-state index in [4.69, 9.17) is 0 Å². The number of amides is 2. The second kappa shape index (κ2) is 8.82. The molecule has 0 unspecified atom stereocenters. The van der Waals surface area contributed by atoms with Crippen molar-refractivity contribution in [3.63, 3.8) is 0 Å². The topological polar surface area (TPSA) is 75.2 Å². The highest BCUT2D eigenvalue weighted by Gasteiger charge is 2.39. The molecule has 1 fully saturated rings. The normalized spacial score (nSPS) is 16.0. The van der Waals surface area contributed by atoms with Gasteiger partial charge in [-0.25, -0.2) is 0 Å². The lowest BCUT2D eigenvalue weighted by Gasteiger charge is -2.37. The standard InChI is InChI=1S/C21H28N4O2S/c1-4-21(2,3)22-19(26)18(15-10-6-5-7-11-15)25(16-12-8-9-13-16)20(27)17-14-28-24-23-17/h5-7,10-11,14,16,18H,4,8-9,12-13H2,1-3H3,(H,22,26)/t18-/m0/s1. The highest BCUT2D eigenvalue weighted by atomic mass is 32.1. The molecular weight excluding hydrogens is 372 g/mol. The third kappa shape index (κ3) is 4.58. The van der Waals surface area contributed by atoms with Crippen molar-refractivity contribution in [3.8, 4) is 0 Å². The van der Waals surface area contributed by atoms with Gasteiger partial charge >= 0.3 is 0 Å². The van der Waals surface area contributed by atoms with Gasteiger partial charge in [0.2, 0.25) is 5.91 Å². The van der Waals surface area contributed by atoms with Crippen molar-refractivity contribution in [1.29, 1.82) is 0 Å². The van der Waals surface area contributed by atoms with Crippen LogP contribution in [0.3, 0.4) is 0 Å². The number of carbonyl (C=O) groups excluding carboxylic acids is 2. The van der Waals surface area contributed by atoms with Crippen molar-refractivity contribution < 1.29 is 9.59 Å². The number of hydrogen-bond acceptors (Lipinski definition) is 5. The summed E-state index contributed by atoms with van der Waals surface area (Å²) in [6.45, 7) is 6.04. The van der Waals surface area contributed by atoms with E-state index in [1.54, 1.807) is 10.3 Å². The van der Waals surface area contributed by atoms with Gasteiger partial charge in [-0.2, -0.15) is 0 Å². The highest BCUT2D eigenvalue weighted by molar-refractivity contribution is 7.03. The van der Waals surface area contributed by atoms with Crippen molar-refractivity contribution in [1.82, 2.24) is 19.8 Å². The van der Waals surface area contributed by atoms with Crippen molar-refractivity contribution in [2.75, 3.05) is 0 Å². The molecule has 2 amide bonds. The Kier molecular flexibility index (Phi) is 6.44. The lowest BCUT2D eigenvalue weighted by molar-refractivity contribution is -0.128. The summed E-state index contributed by atoms with van der Waals surface area (Å²) in [6, 6.07) is 8.89. The maximum Gasteiger partial charge on any atom is 0.276 e. The van der Waals surface area contributed by atoms with Crippen molar-refractivity contribution in [2.45, 2.75) is 70.5 Å². The molecule has 0 spiro atoms. The van der Waals surface area contributed by atoms with Crippen LogP contribution in [-0.2, 0) is 4.79 Å². The maximum atomic E-state index is 13.5. The van der Waals surface area contributed by atoms with Gasteiger partial charge in [0.05, 0.1) is 0 Å². The van der Waals surface area contributed by atoms with E-state index in [0.29, 0.717) is 5.69 Å². The summed E-state index contributed by atoms with van der Waals surface area (Å²) < 4.78 is 3.85. The van der Waals surface area contributed by atoms with Gasteiger partial charge < -0.3 is 10.2 Å². The molecule has 1 aromatic heterocycles. The summed E-state index contributed by atoms with van der Waals surface area (Å²) in [4.78, 5) is 28.6. The fourth-order valence-electron chi connectivity index (χ4n) is 3.63. The molecule has 1 saturated carbocycles. The fraction of sp³-hybridized carbons (Fsp3) is 0.524. The Morgan fingerprint density at radius 1 is 1.25 bits per heavy atom. The van der Waals surface area contributed by atoms with Crippen molar-refractivity contribution >= 4 is 23.3 Å². The molecule has 28 heavy (non-hydrogen) atoms. The predicted molar refractivity (Wildman–Crippen MR) is 110 cm³/mol. The van der Waals surface area contributed by atoms with E-state index in [0.717, 1.165) is 49.2 Å². The van der Waals surface area contributed by atoms with Crippen LogP contribution in [0.5, 0.6) is 0 Å². The zero-order valence-electron chi connectivity index (χ0n) is 16.7. The summed E-state index contributed by atoms with van der Waals surface area (Å²) in [5.41, 5.74) is 0.771. The molecule has 0 saturated heterocycles. The first-order valence-electron chi connectivity index (χ1n) is 9.89. The molecule has 1 N–H and O–H groups in total. The molecule has 1 aromatic carbocycles. The van der Waals surface area contributed by atoms with E-state index in [9.17, 15) is 9.59 Å². The molecule has 2 aromatic rings. The molecule has 3 rings (SSSR count). The summed E-state index contributed by atoms with van der Waals surface area (Å²) >= 11 is 1.15. The van der Waals surface area contributed by atoms with Crippen LogP contribution in [0.2, 0.25) is 0 Å². The fourth-order valence-corrected chi connectivity index (χ4v) is 4.06. The Bertz CT molecular complexity index is 786. The number of nitrogens with zero attached hydrogens (tertiary/aromatic N) is 3. The Morgan fingerprint density at radius 2 is 1.93 bits per heavy atom. The Morgan fingerprint density at radius 3 is 2.50 bits per heavy atom. The average Bonchev–Trinajstić information content (AvgIpc) is 3.39. The number of nitrogens with one attached hydrogen (secondary N) is 1. The van der Waals surface area contributed by atoms with Gasteiger partial charge in [0.1, 0.15) is 6.04 Å². The number of hydrogen-bond donors (Lipinski definition) is 1. The molecule has 0 radical (unpaired) electrons. The van der Waals surface area contributed by atoms with Crippen LogP contribution in [0, 0.1) is 0 Å². The van der Waals surface area contributed by atoms with Gasteiger partial charge in [0.15, 0.2) is 5.69 Å². The van der Waals surface area contributed by atoms with Crippen LogP contribution in [0.4, 0.5) is 0 Å². The molecular formula is C21H28N4O2S. The minimum absolute atomic E-state index is 0.0231. The van der Waals surface area contributed by atoms with Crippen molar-refractivity contribution in [2.24, 2.45) is 0 Å². The molecule has 1 heterocycles. The Hall–Kier alpha value is -2.28. The van der Waals surface area contributed by atoms with Gasteiger partial charge in [0.25, 0.3) is 5.91 Å². The zero-order chi connectivity index (χ0) is 20.1. The lowest BCUT2D eigenvalue weighted by atomic mass is 9.97. The van der Waals surface area contributed by atoms with E-state index in [-0.39, 0.29) is 23.4 Å². The van der Waals surface area contributed by atoms with Crippen molar-refractivity contribution in [3.05, 3.63) is 47.0 Å². The van der Waals surface area contributed by atoms with Crippen LogP contribution >= 0.6 is 11.5 Å². The Labute approximate surface area is 170 Å². The molecule has 1 aliphatic carbocycles. The zero-order valence-corrected chi connectivity index (χ0v) is 17.5. The first-order chi connectivity index (χ1) is 13.4. The van der Waals surface area contributed by atoms with Crippen LogP contribution in [0.25, 0.3) is 0 Å². The van der Waals surface area contributed by atoms with E-state index in [2.05, 4.69) is 14.9 Å². The average molecular weight is 401 g/mol. The number of carbonyl (C=O) groups is 2. The lowest BCUT2D eigenvalue weighted by Crippen LogP contribution is -2.52. The largest absolute Gasteiger partial charge is 0.349 e. The third-order valence-corrected chi connectivity index (χ3v) is 6.02. The molecule has 6 nitrogen and oxygen atoms in total. The molecule has 7 heteroatoms. The highest BCUT2D eigenvalue weighted by Crippen LogP contribution is 2.33. The van der Waals surface area contributed by atoms with Crippen LogP contribution < -0.4 is 5.32 Å². The molecule has 1 atom stereocenters. The second-order valence-corrected chi connectivity index (χ2v) is 8.59. The smallest absolute Gasteiger partial charge is 0.276 e. The van der Waals surface area contributed by atoms with Crippen LogP contribution in [-0.4, -0.2) is 37.9 Å². The minimum Gasteiger partial charge on any atom is -0.349 e. The predicted octanol–water partition coefficient (Wildman–Crippen LogP) is 3.97. The summed E-state index contributed by atoms with van der Waals surface area (Å²) in [7, 11) is 0. The third-order valence-electron chi connectivity index (χ3n) is 5.52. The SMILES string of the molecule is CCC(C)(C)NC(=O)[C@H](c1ccccc1)N(C(=O)c1csnn1)C1CCCC1. The minimum atomic E-state index is -0.690. The Balaban J connectivity index is 2.03. The van der Waals surface area contributed by atoms with Gasteiger partial charge in [-0.1, -0.05) is 54.6 Å². The van der Waals surface area contributed by atoms with Gasteiger partial charge in [-0.15, -0.1) is 5.10 Å². The van der Waals surface area contributed by atoms with E-state index in [1.165, 1.54) is 0 Å². The van der Waals surface area contributed by atoms with E-state index < -0.39 is 6.04 Å². The second-order valence-electron chi connectivity index (χ2n) is 7.98. The van der Waals surface area contributed by atoms with Gasteiger partial charge in [0, 0.05) is 17.0 Å². The maximum absolute atomic E-state index is 13.5. The molecule has 0 aliphatic heterocycles. The van der Waals surface area contributed by atoms with Crippen LogP contribution in [0.15, 0.2) is 35.7 Å². The summed E-state index contributed by atoms with van der Waals surface area (Å²) in [5.74, 6) is -0.375. The van der Waals surface area contributed by atoms with Gasteiger partial charge in [-0.3, -0.25) is 9.59 Å². The first-order valence-corrected chi connectivity index (χ1v) is 10.7. The summed E-state index contributed by atoms with van der Waals surface area (Å²) in [5, 5.41) is 8.78. The first kappa shape index (κ1) is 20.5. The number of benzene rings is 1. The quantitative estimate of drug-likeness (QED) is 0.763. The number of aromatic nitrogens is 2. The number of rotatable bonds is 7. The molecule has 0 bridgehead atoms. The van der Waals surface area contributed by atoms with Gasteiger partial charge in [-0.05, 0) is 50.2 Å².